The fraction of sp³-hybridized carbons (Fsp3) is 0.867. The van der Waals surface area contributed by atoms with Crippen molar-refractivity contribution in [3.8, 4) is 0 Å². The van der Waals surface area contributed by atoms with Crippen molar-refractivity contribution >= 4 is 11.3 Å². The van der Waals surface area contributed by atoms with Gasteiger partial charge in [0.25, 0.3) is 5.51 Å². The number of hydrogen-bond acceptors (Lipinski definition) is 2. The third-order valence-electron chi connectivity index (χ3n) is 5.25. The predicted octanol–water partition coefficient (Wildman–Crippen LogP) is 1.22. The molecule has 1 aliphatic heterocycles. The summed E-state index contributed by atoms with van der Waals surface area (Å²) in [7, 11) is 6.86. The molecule has 4 nitrogen and oxygen atoms in total. The third kappa shape index (κ3) is 3.77. The van der Waals surface area contributed by atoms with Crippen molar-refractivity contribution in [1.29, 1.82) is 0 Å². The molecule has 1 saturated heterocycles. The van der Waals surface area contributed by atoms with E-state index in [1.165, 1.54) is 53.1 Å². The van der Waals surface area contributed by atoms with Crippen LogP contribution in [0.2, 0.25) is 0 Å². The average molecular weight is 300 g/mol. The normalized spacial score (nSPS) is 30.9. The number of aryl methyl sites for hydroxylation is 2. The van der Waals surface area contributed by atoms with Crippen LogP contribution in [-0.4, -0.2) is 66.9 Å². The van der Waals surface area contributed by atoms with Crippen LogP contribution in [0.25, 0.3) is 0 Å². The minimum absolute atomic E-state index is 0.749. The topological polar surface area (TPSA) is 16.8 Å². The van der Waals surface area contributed by atoms with E-state index in [0.29, 0.717) is 0 Å². The van der Waals surface area contributed by atoms with E-state index < -0.39 is 0 Å². The number of aromatic nitrogens is 2. The Balaban J connectivity index is 1.79. The Morgan fingerprint density at radius 1 is 1.25 bits per heavy atom. The van der Waals surface area contributed by atoms with Gasteiger partial charge >= 0.3 is 0 Å². The predicted molar refractivity (Wildman–Crippen MR) is 83.5 cm³/mol. The molecule has 1 aromatic rings. The third-order valence-corrected chi connectivity index (χ3v) is 6.22. The molecule has 114 valence electrons. The van der Waals surface area contributed by atoms with E-state index >= 15 is 0 Å². The zero-order valence-electron chi connectivity index (χ0n) is 13.8. The fourth-order valence-corrected chi connectivity index (χ4v) is 3.74. The minimum Gasteiger partial charge on any atom is -0.317 e. The van der Waals surface area contributed by atoms with Crippen LogP contribution in [0.1, 0.15) is 25.3 Å². The van der Waals surface area contributed by atoms with Crippen molar-refractivity contribution < 1.29 is 13.6 Å². The van der Waals surface area contributed by atoms with Gasteiger partial charge < -0.3 is 8.97 Å². The SMILES string of the molecule is CC(C)[N+]1(C)CC[N+](C)(CCCc2n[n+](C)cs2)CC1. The molecule has 20 heavy (non-hydrogen) atoms. The van der Waals surface area contributed by atoms with Crippen LogP contribution >= 0.6 is 11.3 Å². The molecule has 0 aromatic carbocycles. The highest BCUT2D eigenvalue weighted by atomic mass is 32.1. The molecule has 1 fully saturated rings. The molecule has 5 heteroatoms. The van der Waals surface area contributed by atoms with Crippen LogP contribution in [0.3, 0.4) is 0 Å². The highest BCUT2D eigenvalue weighted by molar-refractivity contribution is 7.08. The summed E-state index contributed by atoms with van der Waals surface area (Å²) < 4.78 is 4.41. The molecule has 2 rings (SSSR count). The summed E-state index contributed by atoms with van der Waals surface area (Å²) in [5, 5.41) is 5.76. The van der Waals surface area contributed by atoms with Gasteiger partial charge in [-0.3, -0.25) is 0 Å². The molecule has 0 bridgehead atoms. The van der Waals surface area contributed by atoms with Gasteiger partial charge in [0.1, 0.15) is 26.2 Å². The summed E-state index contributed by atoms with van der Waals surface area (Å²) in [6.07, 6.45) is 2.39. The van der Waals surface area contributed by atoms with Crippen molar-refractivity contribution in [1.82, 2.24) is 5.10 Å². The first-order valence-corrected chi connectivity index (χ1v) is 8.69. The highest BCUT2D eigenvalue weighted by Gasteiger charge is 2.38. The average Bonchev–Trinajstić information content (AvgIpc) is 2.79. The molecule has 0 spiro atoms. The van der Waals surface area contributed by atoms with Gasteiger partial charge in [0, 0.05) is 17.9 Å². The molecule has 1 aliphatic rings. The number of quaternary nitrogens is 2. The van der Waals surface area contributed by atoms with Gasteiger partial charge in [-0.15, -0.1) is 0 Å². The van der Waals surface area contributed by atoms with Crippen molar-refractivity contribution in [2.45, 2.75) is 32.7 Å². The van der Waals surface area contributed by atoms with Gasteiger partial charge in [-0.05, 0) is 13.8 Å². The Morgan fingerprint density at radius 3 is 2.40 bits per heavy atom. The van der Waals surface area contributed by atoms with E-state index in [4.69, 9.17) is 0 Å². The largest absolute Gasteiger partial charge is 0.317 e. The van der Waals surface area contributed by atoms with Gasteiger partial charge in [-0.1, -0.05) is 16.0 Å². The van der Waals surface area contributed by atoms with Crippen molar-refractivity contribution in [2.24, 2.45) is 7.05 Å². The van der Waals surface area contributed by atoms with Gasteiger partial charge in [-0.25, -0.2) is 0 Å². The molecule has 0 unspecified atom stereocenters. The molecular formula is C15H31N4S+3. The standard InChI is InChI=1S/C15H31N4S/c1-14(2)19(5)11-9-18(4,10-12-19)8-6-7-15-16-17(3)13-20-15/h13-14H,6-12H2,1-5H3/q+3. The lowest BCUT2D eigenvalue weighted by molar-refractivity contribution is -1.02. The van der Waals surface area contributed by atoms with E-state index in [-0.39, 0.29) is 0 Å². The zero-order valence-corrected chi connectivity index (χ0v) is 14.6. The maximum Gasteiger partial charge on any atom is 0.252 e. The maximum atomic E-state index is 4.49. The lowest BCUT2D eigenvalue weighted by Gasteiger charge is -2.48. The number of likely N-dealkylation sites (N-methyl/N-ethyl adjacent to an activating group) is 2. The summed E-state index contributed by atoms with van der Waals surface area (Å²) >= 11 is 1.78. The van der Waals surface area contributed by atoms with Crippen molar-refractivity contribution in [3.05, 3.63) is 10.5 Å². The van der Waals surface area contributed by atoms with E-state index in [1.54, 1.807) is 11.3 Å². The fourth-order valence-electron chi connectivity index (χ4n) is 2.98. The molecule has 0 saturated carbocycles. The van der Waals surface area contributed by atoms with Crippen LogP contribution in [0.4, 0.5) is 0 Å². The van der Waals surface area contributed by atoms with Crippen LogP contribution in [-0.2, 0) is 13.5 Å². The van der Waals surface area contributed by atoms with E-state index in [1.807, 2.05) is 11.7 Å². The second-order valence-electron chi connectivity index (χ2n) is 7.20. The van der Waals surface area contributed by atoms with Gasteiger partial charge in [-0.2, -0.15) is 0 Å². The van der Waals surface area contributed by atoms with Crippen LogP contribution in [0.15, 0.2) is 5.51 Å². The second-order valence-corrected chi connectivity index (χ2v) is 8.12. The van der Waals surface area contributed by atoms with Crippen LogP contribution in [0, 0.1) is 0 Å². The molecule has 0 amide bonds. The van der Waals surface area contributed by atoms with Gasteiger partial charge in [0.2, 0.25) is 0 Å². The Morgan fingerprint density at radius 2 is 1.90 bits per heavy atom. The van der Waals surface area contributed by atoms with E-state index in [9.17, 15) is 0 Å². The van der Waals surface area contributed by atoms with Gasteiger partial charge in [0.15, 0.2) is 12.1 Å². The van der Waals surface area contributed by atoms with Gasteiger partial charge in [0.05, 0.1) is 26.7 Å². The highest BCUT2D eigenvalue weighted by Crippen LogP contribution is 2.20. The minimum atomic E-state index is 0.749. The van der Waals surface area contributed by atoms with Crippen molar-refractivity contribution in [3.63, 3.8) is 0 Å². The molecule has 0 atom stereocenters. The Hall–Kier alpha value is -0.520. The number of rotatable bonds is 5. The zero-order chi connectivity index (χ0) is 14.8. The first kappa shape index (κ1) is 15.9. The molecule has 0 radical (unpaired) electrons. The first-order chi connectivity index (χ1) is 9.33. The molecule has 2 heterocycles. The first-order valence-electron chi connectivity index (χ1n) is 7.81. The maximum absolute atomic E-state index is 4.49. The quantitative estimate of drug-likeness (QED) is 0.590. The molecule has 1 aromatic heterocycles. The molecule has 0 N–H and O–H groups in total. The van der Waals surface area contributed by atoms with Crippen LogP contribution in [0.5, 0.6) is 0 Å². The van der Waals surface area contributed by atoms with Crippen molar-refractivity contribution in [2.75, 3.05) is 46.8 Å². The number of hydrogen-bond donors (Lipinski definition) is 0. The van der Waals surface area contributed by atoms with Crippen LogP contribution < -0.4 is 4.68 Å². The Bertz CT molecular complexity index is 433. The van der Waals surface area contributed by atoms with E-state index in [0.717, 1.165) is 12.5 Å². The lowest BCUT2D eigenvalue weighted by atomic mass is 10.1. The van der Waals surface area contributed by atoms with E-state index in [2.05, 4.69) is 38.6 Å². The summed E-state index contributed by atoms with van der Waals surface area (Å²) in [6.45, 7) is 11.3. The summed E-state index contributed by atoms with van der Waals surface area (Å²) in [5.74, 6) is 0. The Kier molecular flexibility index (Phi) is 4.82. The summed E-state index contributed by atoms with van der Waals surface area (Å²) in [6, 6.07) is 0.749. The number of nitrogens with zero attached hydrogens (tertiary/aromatic N) is 4. The second kappa shape index (κ2) is 6.08. The molecular weight excluding hydrogens is 268 g/mol. The molecule has 0 aliphatic carbocycles. The summed E-state index contributed by atoms with van der Waals surface area (Å²) in [5.41, 5.74) is 2.08. The number of piperazine rings is 1. The smallest absolute Gasteiger partial charge is 0.252 e. The Labute approximate surface area is 127 Å². The monoisotopic (exact) mass is 299 g/mol. The lowest BCUT2D eigenvalue weighted by Crippen LogP contribution is -2.66. The summed E-state index contributed by atoms with van der Waals surface area (Å²) in [4.78, 5) is 0.